The van der Waals surface area contributed by atoms with Crippen molar-refractivity contribution in [2.75, 3.05) is 0 Å². The largest absolute Gasteiger partial charge is 0.347 e. The van der Waals surface area contributed by atoms with Gasteiger partial charge in [0.2, 0.25) is 5.91 Å². The number of carbonyl (C=O) groups is 2. The summed E-state index contributed by atoms with van der Waals surface area (Å²) in [5.74, 6) is -0.654. The maximum absolute atomic E-state index is 12.3. The van der Waals surface area contributed by atoms with Crippen molar-refractivity contribution in [3.8, 4) is 0 Å². The minimum absolute atomic E-state index is 0.191. The summed E-state index contributed by atoms with van der Waals surface area (Å²) >= 11 is 5.84. The number of nitrogens with one attached hydrogen (secondary N) is 2. The van der Waals surface area contributed by atoms with E-state index in [-0.39, 0.29) is 17.5 Å². The normalized spacial score (nSPS) is 11.0. The van der Waals surface area contributed by atoms with E-state index in [2.05, 4.69) is 10.6 Å². The van der Waals surface area contributed by atoms with Crippen LogP contribution in [-0.2, 0) is 16.1 Å². The minimum atomic E-state index is -0.348. The Hall–Kier alpha value is -2.59. The van der Waals surface area contributed by atoms with Crippen molar-refractivity contribution in [2.45, 2.75) is 13.5 Å². The van der Waals surface area contributed by atoms with Crippen molar-refractivity contribution in [3.63, 3.8) is 0 Å². The van der Waals surface area contributed by atoms with Crippen molar-refractivity contribution in [1.82, 2.24) is 10.6 Å². The van der Waals surface area contributed by atoms with E-state index in [1.54, 1.807) is 30.3 Å². The molecule has 0 atom stereocenters. The predicted molar refractivity (Wildman–Crippen MR) is 91.5 cm³/mol. The van der Waals surface area contributed by atoms with E-state index in [1.807, 2.05) is 30.3 Å². The quantitative estimate of drug-likeness (QED) is 0.828. The fraction of sp³-hybridized carbons (Fsp3) is 0.111. The first-order chi connectivity index (χ1) is 11.0. The van der Waals surface area contributed by atoms with E-state index in [4.69, 9.17) is 11.6 Å². The lowest BCUT2D eigenvalue weighted by Crippen LogP contribution is -2.33. The molecule has 2 aromatic rings. The van der Waals surface area contributed by atoms with Crippen molar-refractivity contribution >= 4 is 29.5 Å². The average Bonchev–Trinajstić information content (AvgIpc) is 2.54. The van der Waals surface area contributed by atoms with E-state index in [0.717, 1.165) is 11.1 Å². The van der Waals surface area contributed by atoms with Crippen LogP contribution >= 0.6 is 11.6 Å². The highest BCUT2D eigenvalue weighted by atomic mass is 35.5. The van der Waals surface area contributed by atoms with Crippen LogP contribution in [0.2, 0.25) is 5.02 Å². The Kier molecular flexibility index (Phi) is 5.94. The minimum Gasteiger partial charge on any atom is -0.347 e. The van der Waals surface area contributed by atoms with Gasteiger partial charge in [-0.15, -0.1) is 0 Å². The Labute approximate surface area is 140 Å². The van der Waals surface area contributed by atoms with Crippen molar-refractivity contribution < 1.29 is 9.59 Å². The Morgan fingerprint density at radius 2 is 1.70 bits per heavy atom. The highest BCUT2D eigenvalue weighted by molar-refractivity contribution is 6.30. The van der Waals surface area contributed by atoms with Crippen LogP contribution in [0.15, 0.2) is 60.3 Å². The molecular weight excluding hydrogens is 312 g/mol. The Morgan fingerprint density at radius 3 is 2.30 bits per heavy atom. The third kappa shape index (κ3) is 5.60. The Bertz CT molecular complexity index is 710. The lowest BCUT2D eigenvalue weighted by Gasteiger charge is -2.10. The lowest BCUT2D eigenvalue weighted by atomic mass is 10.2. The van der Waals surface area contributed by atoms with E-state index in [1.165, 1.54) is 6.92 Å². The average molecular weight is 329 g/mol. The molecule has 118 valence electrons. The van der Waals surface area contributed by atoms with Gasteiger partial charge in [0.15, 0.2) is 0 Å². The number of halogens is 1. The van der Waals surface area contributed by atoms with Crippen LogP contribution in [0, 0.1) is 0 Å². The van der Waals surface area contributed by atoms with Crippen molar-refractivity contribution in [1.29, 1.82) is 0 Å². The summed E-state index contributed by atoms with van der Waals surface area (Å²) in [4.78, 5) is 23.6. The molecule has 0 radical (unpaired) electrons. The summed E-state index contributed by atoms with van der Waals surface area (Å²) in [6.45, 7) is 1.75. The number of amides is 2. The molecule has 0 aliphatic carbocycles. The summed E-state index contributed by atoms with van der Waals surface area (Å²) in [6.07, 6.45) is 1.61. The molecule has 2 aromatic carbocycles. The number of hydrogen-bond donors (Lipinski definition) is 2. The van der Waals surface area contributed by atoms with Gasteiger partial charge in [0.1, 0.15) is 5.70 Å². The maximum Gasteiger partial charge on any atom is 0.268 e. The predicted octanol–water partition coefficient (Wildman–Crippen LogP) is 3.13. The summed E-state index contributed by atoms with van der Waals surface area (Å²) < 4.78 is 0. The molecule has 0 heterocycles. The second-order valence-corrected chi connectivity index (χ2v) is 5.40. The molecule has 2 rings (SSSR count). The van der Waals surface area contributed by atoms with E-state index < -0.39 is 0 Å². The first kappa shape index (κ1) is 16.8. The Balaban J connectivity index is 2.12. The fourth-order valence-corrected chi connectivity index (χ4v) is 2.07. The third-order valence-electron chi connectivity index (χ3n) is 3.03. The number of hydrogen-bond acceptors (Lipinski definition) is 2. The van der Waals surface area contributed by atoms with Gasteiger partial charge in [0, 0.05) is 18.5 Å². The molecule has 0 unspecified atom stereocenters. The smallest absolute Gasteiger partial charge is 0.268 e. The molecule has 0 bridgehead atoms. The molecule has 0 saturated heterocycles. The second-order valence-electron chi connectivity index (χ2n) is 4.96. The summed E-state index contributed by atoms with van der Waals surface area (Å²) in [5, 5.41) is 5.95. The molecule has 0 aliphatic rings. The van der Waals surface area contributed by atoms with Gasteiger partial charge >= 0.3 is 0 Å². The van der Waals surface area contributed by atoms with Crippen molar-refractivity contribution in [2.24, 2.45) is 0 Å². The molecule has 0 saturated carbocycles. The van der Waals surface area contributed by atoms with Crippen LogP contribution in [-0.4, -0.2) is 11.8 Å². The van der Waals surface area contributed by atoms with Crippen LogP contribution < -0.4 is 10.6 Å². The van der Waals surface area contributed by atoms with Crippen LogP contribution in [0.1, 0.15) is 18.1 Å². The molecule has 0 aromatic heterocycles. The van der Waals surface area contributed by atoms with Crippen molar-refractivity contribution in [3.05, 3.63) is 76.4 Å². The first-order valence-electron chi connectivity index (χ1n) is 7.11. The fourth-order valence-electron chi connectivity index (χ4n) is 1.95. The van der Waals surface area contributed by atoms with E-state index in [0.29, 0.717) is 11.6 Å². The summed E-state index contributed by atoms with van der Waals surface area (Å²) in [7, 11) is 0. The molecular formula is C18H17ClN2O2. The molecule has 5 heteroatoms. The SMILES string of the molecule is CC(=O)NC(=Cc1ccc(Cl)cc1)C(=O)NCc1ccccc1. The lowest BCUT2D eigenvalue weighted by molar-refractivity contribution is -0.122. The second kappa shape index (κ2) is 8.15. The molecule has 0 aliphatic heterocycles. The van der Waals surface area contributed by atoms with Crippen LogP contribution in [0.25, 0.3) is 6.08 Å². The van der Waals surface area contributed by atoms with Gasteiger partial charge in [0.25, 0.3) is 5.91 Å². The van der Waals surface area contributed by atoms with Gasteiger partial charge in [-0.1, -0.05) is 54.1 Å². The molecule has 23 heavy (non-hydrogen) atoms. The zero-order valence-electron chi connectivity index (χ0n) is 12.7. The van der Waals surface area contributed by atoms with Gasteiger partial charge in [0.05, 0.1) is 0 Å². The standard InChI is InChI=1S/C18H17ClN2O2/c1-13(22)21-17(11-14-7-9-16(19)10-8-14)18(23)20-12-15-5-3-2-4-6-15/h2-11H,12H2,1H3,(H,20,23)(H,21,22). The van der Waals surface area contributed by atoms with Gasteiger partial charge < -0.3 is 10.6 Å². The third-order valence-corrected chi connectivity index (χ3v) is 3.28. The zero-order chi connectivity index (χ0) is 16.7. The van der Waals surface area contributed by atoms with Gasteiger partial charge in [-0.25, -0.2) is 0 Å². The first-order valence-corrected chi connectivity index (χ1v) is 7.49. The van der Waals surface area contributed by atoms with E-state index >= 15 is 0 Å². The Morgan fingerprint density at radius 1 is 1.04 bits per heavy atom. The zero-order valence-corrected chi connectivity index (χ0v) is 13.4. The number of rotatable bonds is 5. The summed E-state index contributed by atoms with van der Waals surface area (Å²) in [5.41, 5.74) is 1.94. The van der Waals surface area contributed by atoms with Gasteiger partial charge in [-0.05, 0) is 29.3 Å². The van der Waals surface area contributed by atoms with Crippen LogP contribution in [0.5, 0.6) is 0 Å². The van der Waals surface area contributed by atoms with Crippen LogP contribution in [0.3, 0.4) is 0 Å². The molecule has 2 amide bonds. The maximum atomic E-state index is 12.3. The summed E-state index contributed by atoms with van der Waals surface area (Å²) in [6, 6.07) is 16.5. The van der Waals surface area contributed by atoms with Gasteiger partial charge in [-0.2, -0.15) is 0 Å². The van der Waals surface area contributed by atoms with Gasteiger partial charge in [-0.3, -0.25) is 9.59 Å². The van der Waals surface area contributed by atoms with E-state index in [9.17, 15) is 9.59 Å². The monoisotopic (exact) mass is 328 g/mol. The molecule has 4 nitrogen and oxygen atoms in total. The van der Waals surface area contributed by atoms with Crippen LogP contribution in [0.4, 0.5) is 0 Å². The highest BCUT2D eigenvalue weighted by Crippen LogP contribution is 2.12. The number of benzene rings is 2. The number of carbonyl (C=O) groups excluding carboxylic acids is 2. The molecule has 2 N–H and O–H groups in total. The highest BCUT2D eigenvalue weighted by Gasteiger charge is 2.11. The molecule has 0 spiro atoms. The molecule has 0 fully saturated rings. The topological polar surface area (TPSA) is 58.2 Å².